The lowest BCUT2D eigenvalue weighted by molar-refractivity contribution is 0.102. The monoisotopic (exact) mass is 340 g/mol. The number of phenols is 1. The number of aromatic hydroxyl groups is 1. The number of ether oxygens (including phenoxy) is 1. The maximum atomic E-state index is 12.2. The number of nitrogens with zero attached hydrogens (tertiary/aromatic N) is 2. The molecule has 22 heavy (non-hydrogen) atoms. The van der Waals surface area contributed by atoms with Crippen LogP contribution in [-0.2, 0) is 0 Å². The minimum Gasteiger partial charge on any atom is -0.504 e. The van der Waals surface area contributed by atoms with E-state index < -0.39 is 0 Å². The quantitative estimate of drug-likeness (QED) is 0.512. The van der Waals surface area contributed by atoms with Gasteiger partial charge in [-0.05, 0) is 38.1 Å². The number of hydrogen-bond acceptors (Lipinski definition) is 6. The van der Waals surface area contributed by atoms with Crippen molar-refractivity contribution < 1.29 is 14.6 Å². The predicted octanol–water partition coefficient (Wildman–Crippen LogP) is 3.20. The fourth-order valence-corrected chi connectivity index (χ4v) is 2.67. The van der Waals surface area contributed by atoms with Gasteiger partial charge in [0.1, 0.15) is 0 Å². The molecule has 0 spiro atoms. The summed E-state index contributed by atoms with van der Waals surface area (Å²) in [4.78, 5) is 20.7. The van der Waals surface area contributed by atoms with Crippen LogP contribution in [0.4, 0.5) is 0 Å². The molecule has 0 bridgehead atoms. The number of aryl methyl sites for hydroxylation is 2. The molecule has 1 N–H and O–H groups in total. The molecule has 0 aliphatic carbocycles. The van der Waals surface area contributed by atoms with Gasteiger partial charge in [0.15, 0.2) is 22.4 Å². The van der Waals surface area contributed by atoms with Crippen LogP contribution in [-0.4, -0.2) is 33.7 Å². The van der Waals surface area contributed by atoms with Gasteiger partial charge in [-0.2, -0.15) is 0 Å². The lowest BCUT2D eigenvalue weighted by Gasteiger charge is -2.06. The van der Waals surface area contributed by atoms with Gasteiger partial charge in [-0.1, -0.05) is 11.8 Å². The van der Waals surface area contributed by atoms with Crippen molar-refractivity contribution in [3.8, 4) is 11.5 Å². The summed E-state index contributed by atoms with van der Waals surface area (Å²) in [6.45, 7) is 3.79. The van der Waals surface area contributed by atoms with Gasteiger partial charge >= 0.3 is 0 Å². The molecule has 0 aliphatic heterocycles. The number of thioether (sulfide) groups is 1. The number of phenolic OH excluding ortho intramolecular Hbond substituents is 1. The van der Waals surface area contributed by atoms with Crippen LogP contribution in [0.2, 0.25) is 0 Å². The Labute approximate surface area is 139 Å². The van der Waals surface area contributed by atoms with E-state index in [4.69, 9.17) is 4.74 Å². The molecule has 1 aromatic heterocycles. The number of carbonyl (C=O) groups excluding carboxylic acids is 1. The molecule has 0 fully saturated rings. The Morgan fingerprint density at radius 3 is 2.45 bits per heavy atom. The van der Waals surface area contributed by atoms with E-state index in [9.17, 15) is 9.90 Å². The second-order valence-electron chi connectivity index (χ2n) is 4.53. The summed E-state index contributed by atoms with van der Waals surface area (Å²) in [5.74, 6) is 0.463. The third kappa shape index (κ3) is 4.61. The van der Waals surface area contributed by atoms with Crippen LogP contribution >= 0.6 is 24.2 Å². The van der Waals surface area contributed by atoms with Crippen molar-refractivity contribution in [3.05, 3.63) is 41.2 Å². The Bertz CT molecular complexity index is 660. The van der Waals surface area contributed by atoms with Crippen LogP contribution < -0.4 is 4.74 Å². The van der Waals surface area contributed by atoms with E-state index in [0.29, 0.717) is 10.7 Å². The first kappa shape index (κ1) is 18.3. The third-order valence-corrected chi connectivity index (χ3v) is 3.64. The smallest absolute Gasteiger partial charge is 0.188 e. The van der Waals surface area contributed by atoms with Gasteiger partial charge in [0.25, 0.3) is 0 Å². The fourth-order valence-electron chi connectivity index (χ4n) is 1.82. The Balaban J connectivity index is 0.00000242. The second kappa shape index (κ2) is 8.00. The summed E-state index contributed by atoms with van der Waals surface area (Å²) < 4.78 is 5.00. The standard InChI is InChI=1S/C15H16N2O3S.ClH/c1-9-6-10(2)17-15(16-9)21-8-13(19)11-4-5-12(18)14(7-11)20-3;/h4-7,18H,8H2,1-3H3;1H. The SMILES string of the molecule is COc1cc(C(=O)CSc2nc(C)cc(C)n2)ccc1O.Cl. The number of benzene rings is 1. The molecule has 7 heteroatoms. The van der Waals surface area contributed by atoms with E-state index in [1.54, 1.807) is 6.07 Å². The summed E-state index contributed by atoms with van der Waals surface area (Å²) >= 11 is 1.29. The molecule has 0 aliphatic rings. The van der Waals surface area contributed by atoms with Crippen LogP contribution in [0.15, 0.2) is 29.4 Å². The van der Waals surface area contributed by atoms with Gasteiger partial charge in [-0.25, -0.2) is 9.97 Å². The van der Waals surface area contributed by atoms with E-state index in [0.717, 1.165) is 11.4 Å². The van der Waals surface area contributed by atoms with Crippen molar-refractivity contribution in [1.29, 1.82) is 0 Å². The van der Waals surface area contributed by atoms with E-state index in [1.807, 2.05) is 19.9 Å². The van der Waals surface area contributed by atoms with E-state index >= 15 is 0 Å². The summed E-state index contributed by atoms with van der Waals surface area (Å²) in [6.07, 6.45) is 0. The van der Waals surface area contributed by atoms with Gasteiger partial charge in [0.2, 0.25) is 0 Å². The Kier molecular flexibility index (Phi) is 6.64. The van der Waals surface area contributed by atoms with Crippen LogP contribution in [0.3, 0.4) is 0 Å². The zero-order valence-corrected chi connectivity index (χ0v) is 14.1. The van der Waals surface area contributed by atoms with Gasteiger partial charge in [0, 0.05) is 17.0 Å². The van der Waals surface area contributed by atoms with Gasteiger partial charge in [0.05, 0.1) is 12.9 Å². The lowest BCUT2D eigenvalue weighted by Crippen LogP contribution is -2.04. The van der Waals surface area contributed by atoms with Crippen LogP contribution in [0.25, 0.3) is 0 Å². The minimum atomic E-state index is -0.0685. The molecule has 1 aromatic carbocycles. The van der Waals surface area contributed by atoms with Crippen molar-refractivity contribution in [1.82, 2.24) is 9.97 Å². The summed E-state index contributed by atoms with van der Waals surface area (Å²) in [5, 5.41) is 10.1. The first-order chi connectivity index (χ1) is 9.99. The molecule has 0 amide bonds. The summed E-state index contributed by atoms with van der Waals surface area (Å²) in [5.41, 5.74) is 2.24. The Morgan fingerprint density at radius 2 is 1.86 bits per heavy atom. The number of Topliss-reactive ketones (excluding diaryl/α,β-unsaturated/α-hetero) is 1. The molecular weight excluding hydrogens is 324 g/mol. The molecule has 1 heterocycles. The Hall–Kier alpha value is -1.79. The fraction of sp³-hybridized carbons (Fsp3) is 0.267. The maximum Gasteiger partial charge on any atom is 0.188 e. The number of aromatic nitrogens is 2. The summed E-state index contributed by atoms with van der Waals surface area (Å²) in [7, 11) is 1.45. The highest BCUT2D eigenvalue weighted by Crippen LogP contribution is 2.27. The van der Waals surface area contributed by atoms with Crippen molar-refractivity contribution in [3.63, 3.8) is 0 Å². The number of halogens is 1. The van der Waals surface area contributed by atoms with E-state index in [-0.39, 0.29) is 35.4 Å². The van der Waals surface area contributed by atoms with Crippen molar-refractivity contribution in [2.75, 3.05) is 12.9 Å². The van der Waals surface area contributed by atoms with Crippen molar-refractivity contribution in [2.24, 2.45) is 0 Å². The molecule has 0 saturated heterocycles. The molecule has 0 unspecified atom stereocenters. The topological polar surface area (TPSA) is 72.3 Å². The van der Waals surface area contributed by atoms with Crippen molar-refractivity contribution in [2.45, 2.75) is 19.0 Å². The predicted molar refractivity (Wildman–Crippen MR) is 88.5 cm³/mol. The third-order valence-electron chi connectivity index (χ3n) is 2.80. The van der Waals surface area contributed by atoms with Gasteiger partial charge in [-0.3, -0.25) is 4.79 Å². The summed E-state index contributed by atoms with van der Waals surface area (Å²) in [6, 6.07) is 6.43. The van der Waals surface area contributed by atoms with Crippen molar-refractivity contribution >= 4 is 30.0 Å². The molecule has 0 atom stereocenters. The zero-order valence-electron chi connectivity index (χ0n) is 12.5. The molecular formula is C15H17ClN2O3S. The number of carbonyl (C=O) groups is 1. The first-order valence-corrected chi connectivity index (χ1v) is 7.33. The van der Waals surface area contributed by atoms with Gasteiger partial charge < -0.3 is 9.84 Å². The van der Waals surface area contributed by atoms with Crippen LogP contribution in [0.1, 0.15) is 21.7 Å². The van der Waals surface area contributed by atoms with Crippen LogP contribution in [0, 0.1) is 13.8 Å². The minimum absolute atomic E-state index is 0. The average molecular weight is 341 g/mol. The molecule has 5 nitrogen and oxygen atoms in total. The average Bonchev–Trinajstić information content (AvgIpc) is 2.44. The zero-order chi connectivity index (χ0) is 15.4. The largest absolute Gasteiger partial charge is 0.504 e. The van der Waals surface area contributed by atoms with Crippen LogP contribution in [0.5, 0.6) is 11.5 Å². The normalized spacial score (nSPS) is 9.95. The molecule has 118 valence electrons. The number of hydrogen-bond donors (Lipinski definition) is 1. The number of rotatable bonds is 5. The van der Waals surface area contributed by atoms with E-state index in [2.05, 4.69) is 9.97 Å². The molecule has 2 aromatic rings. The lowest BCUT2D eigenvalue weighted by atomic mass is 10.1. The highest BCUT2D eigenvalue weighted by molar-refractivity contribution is 7.99. The first-order valence-electron chi connectivity index (χ1n) is 6.35. The maximum absolute atomic E-state index is 12.2. The number of ketones is 1. The second-order valence-corrected chi connectivity index (χ2v) is 5.47. The Morgan fingerprint density at radius 1 is 1.23 bits per heavy atom. The number of methoxy groups -OCH3 is 1. The molecule has 0 radical (unpaired) electrons. The highest BCUT2D eigenvalue weighted by atomic mass is 35.5. The highest BCUT2D eigenvalue weighted by Gasteiger charge is 2.11. The van der Waals surface area contributed by atoms with Gasteiger partial charge in [-0.15, -0.1) is 12.4 Å². The molecule has 2 rings (SSSR count). The van der Waals surface area contributed by atoms with E-state index in [1.165, 1.54) is 31.0 Å². The molecule has 0 saturated carbocycles.